The standard InChI is InChI=1S/C20H19NO6/c1-10(22)25-14-4-3-12-9-15-20(27-11(2)23)6-5-13(24)18-19(20,7-8-21-15)16(12)17(14)26-18/h3-6,15,18,21H,7-9H2,1-2H3/t15-,18?,19+,20-/m1/s1. The molecule has 2 bridgehead atoms. The van der Waals surface area contributed by atoms with Gasteiger partial charge in [-0.1, -0.05) is 6.07 Å². The fourth-order valence-corrected chi connectivity index (χ4v) is 5.46. The minimum atomic E-state index is -1.01. The summed E-state index contributed by atoms with van der Waals surface area (Å²) in [6, 6.07) is 3.45. The molecule has 1 aromatic rings. The zero-order valence-corrected chi connectivity index (χ0v) is 15.0. The molecule has 0 radical (unpaired) electrons. The highest BCUT2D eigenvalue weighted by Gasteiger charge is 2.73. The van der Waals surface area contributed by atoms with E-state index in [9.17, 15) is 14.4 Å². The minimum Gasteiger partial charge on any atom is -0.477 e. The Bertz CT molecular complexity index is 937. The molecule has 7 nitrogen and oxygen atoms in total. The molecule has 4 atom stereocenters. The Kier molecular flexibility index (Phi) is 3.17. The van der Waals surface area contributed by atoms with Crippen molar-refractivity contribution in [3.05, 3.63) is 35.4 Å². The van der Waals surface area contributed by atoms with Crippen LogP contribution in [-0.4, -0.2) is 42.0 Å². The number of ketones is 1. The van der Waals surface area contributed by atoms with Crippen LogP contribution in [0.5, 0.6) is 11.5 Å². The third-order valence-electron chi connectivity index (χ3n) is 6.21. The van der Waals surface area contributed by atoms with Gasteiger partial charge in [-0.3, -0.25) is 14.4 Å². The fraction of sp³-hybridized carbons (Fsp3) is 0.450. The number of hydrogen-bond donors (Lipinski definition) is 1. The van der Waals surface area contributed by atoms with Gasteiger partial charge in [-0.15, -0.1) is 0 Å². The second-order valence-electron chi connectivity index (χ2n) is 7.57. The van der Waals surface area contributed by atoms with Crippen LogP contribution in [0.15, 0.2) is 24.3 Å². The van der Waals surface area contributed by atoms with E-state index in [0.29, 0.717) is 30.9 Å². The van der Waals surface area contributed by atoms with Gasteiger partial charge in [0.2, 0.25) is 0 Å². The molecule has 2 aliphatic carbocycles. The topological polar surface area (TPSA) is 90.9 Å². The van der Waals surface area contributed by atoms with Gasteiger partial charge in [0.15, 0.2) is 29.0 Å². The van der Waals surface area contributed by atoms with Crippen molar-refractivity contribution in [1.29, 1.82) is 0 Å². The number of benzene rings is 1. The Balaban J connectivity index is 1.82. The molecule has 0 aromatic heterocycles. The first-order valence-electron chi connectivity index (χ1n) is 9.06. The number of esters is 2. The predicted molar refractivity (Wildman–Crippen MR) is 92.6 cm³/mol. The third-order valence-corrected chi connectivity index (χ3v) is 6.21. The monoisotopic (exact) mass is 369 g/mol. The minimum absolute atomic E-state index is 0.163. The van der Waals surface area contributed by atoms with Gasteiger partial charge >= 0.3 is 11.9 Å². The van der Waals surface area contributed by atoms with E-state index in [1.165, 1.54) is 19.9 Å². The van der Waals surface area contributed by atoms with Crippen molar-refractivity contribution < 1.29 is 28.6 Å². The summed E-state index contributed by atoms with van der Waals surface area (Å²) >= 11 is 0. The Labute approximate surface area is 155 Å². The normalized spacial score (nSPS) is 34.5. The zero-order valence-electron chi connectivity index (χ0n) is 15.0. The van der Waals surface area contributed by atoms with E-state index in [-0.39, 0.29) is 11.8 Å². The Morgan fingerprint density at radius 3 is 2.81 bits per heavy atom. The molecule has 1 spiro atoms. The van der Waals surface area contributed by atoms with Gasteiger partial charge in [-0.05, 0) is 43.2 Å². The second-order valence-corrected chi connectivity index (χ2v) is 7.57. The van der Waals surface area contributed by atoms with Gasteiger partial charge < -0.3 is 19.5 Å². The number of nitrogens with one attached hydrogen (secondary N) is 1. The van der Waals surface area contributed by atoms with Crippen LogP contribution in [0.3, 0.4) is 0 Å². The molecule has 7 heteroatoms. The highest BCUT2D eigenvalue weighted by Crippen LogP contribution is 2.63. The molecule has 27 heavy (non-hydrogen) atoms. The summed E-state index contributed by atoms with van der Waals surface area (Å²) in [4.78, 5) is 36.4. The molecule has 2 aliphatic heterocycles. The van der Waals surface area contributed by atoms with E-state index < -0.39 is 29.1 Å². The molecule has 140 valence electrons. The Morgan fingerprint density at radius 1 is 1.26 bits per heavy atom. The first kappa shape index (κ1) is 16.5. The molecule has 1 fully saturated rings. The van der Waals surface area contributed by atoms with E-state index in [2.05, 4.69) is 5.32 Å². The lowest BCUT2D eigenvalue weighted by Crippen LogP contribution is -2.75. The number of piperidine rings is 1. The smallest absolute Gasteiger partial charge is 0.308 e. The fourth-order valence-electron chi connectivity index (χ4n) is 5.46. The van der Waals surface area contributed by atoms with Crippen molar-refractivity contribution >= 4 is 17.7 Å². The van der Waals surface area contributed by atoms with Crippen molar-refractivity contribution in [3.63, 3.8) is 0 Å². The summed E-state index contributed by atoms with van der Waals surface area (Å²) in [6.45, 7) is 3.37. The molecule has 4 aliphatic rings. The molecular formula is C20H19NO6. The maximum atomic E-state index is 12.8. The molecule has 2 heterocycles. The molecule has 1 saturated heterocycles. The first-order chi connectivity index (χ1) is 12.9. The predicted octanol–water partition coefficient (Wildman–Crippen LogP) is 0.969. The summed E-state index contributed by atoms with van der Waals surface area (Å²) in [5.74, 6) is -0.324. The van der Waals surface area contributed by atoms with Crippen LogP contribution >= 0.6 is 0 Å². The van der Waals surface area contributed by atoms with Gasteiger partial charge in [-0.2, -0.15) is 0 Å². The molecule has 1 unspecified atom stereocenters. The lowest BCUT2D eigenvalue weighted by atomic mass is 9.51. The highest BCUT2D eigenvalue weighted by molar-refractivity contribution is 5.99. The molecule has 0 amide bonds. The number of rotatable bonds is 2. The summed E-state index contributed by atoms with van der Waals surface area (Å²) in [7, 11) is 0. The Hall–Kier alpha value is -2.67. The molecule has 1 aromatic carbocycles. The third kappa shape index (κ3) is 1.87. The maximum Gasteiger partial charge on any atom is 0.308 e. The van der Waals surface area contributed by atoms with Gasteiger partial charge in [0, 0.05) is 19.4 Å². The highest BCUT2D eigenvalue weighted by atomic mass is 16.6. The zero-order chi connectivity index (χ0) is 19.0. The maximum absolute atomic E-state index is 12.8. The molecule has 0 saturated carbocycles. The van der Waals surface area contributed by atoms with Crippen LogP contribution in [0.25, 0.3) is 0 Å². The van der Waals surface area contributed by atoms with Gasteiger partial charge in [0.1, 0.15) is 0 Å². The van der Waals surface area contributed by atoms with E-state index in [1.807, 2.05) is 6.07 Å². The molecule has 5 rings (SSSR count). The van der Waals surface area contributed by atoms with Crippen LogP contribution in [0.2, 0.25) is 0 Å². The summed E-state index contributed by atoms with van der Waals surface area (Å²) in [5.41, 5.74) is 0.0249. The molecule has 1 N–H and O–H groups in total. The van der Waals surface area contributed by atoms with E-state index in [4.69, 9.17) is 14.2 Å². The van der Waals surface area contributed by atoms with Gasteiger partial charge in [0.05, 0.1) is 11.5 Å². The second kappa shape index (κ2) is 5.19. The van der Waals surface area contributed by atoms with Crippen LogP contribution in [0.1, 0.15) is 31.4 Å². The van der Waals surface area contributed by atoms with E-state index in [0.717, 1.165) is 11.1 Å². The molecular weight excluding hydrogens is 350 g/mol. The summed E-state index contributed by atoms with van der Waals surface area (Å²) < 4.78 is 17.4. The van der Waals surface area contributed by atoms with Gasteiger partial charge in [-0.25, -0.2) is 0 Å². The number of ether oxygens (including phenoxy) is 3. The number of carbonyl (C=O) groups excluding carboxylic acids is 3. The van der Waals surface area contributed by atoms with Crippen molar-refractivity contribution in [3.8, 4) is 11.5 Å². The first-order valence-corrected chi connectivity index (χ1v) is 9.06. The Morgan fingerprint density at radius 2 is 2.07 bits per heavy atom. The quantitative estimate of drug-likeness (QED) is 0.613. The van der Waals surface area contributed by atoms with Crippen LogP contribution in [-0.2, 0) is 31.0 Å². The van der Waals surface area contributed by atoms with Crippen molar-refractivity contribution in [2.75, 3.05) is 6.54 Å². The van der Waals surface area contributed by atoms with Crippen molar-refractivity contribution in [2.24, 2.45) is 0 Å². The van der Waals surface area contributed by atoms with Crippen LogP contribution in [0, 0.1) is 0 Å². The summed E-state index contributed by atoms with van der Waals surface area (Å²) in [5, 5.41) is 3.46. The lowest BCUT2D eigenvalue weighted by molar-refractivity contribution is -0.177. The average molecular weight is 369 g/mol. The van der Waals surface area contributed by atoms with Gasteiger partial charge in [0.25, 0.3) is 0 Å². The average Bonchev–Trinajstić information content (AvgIpc) is 2.93. The van der Waals surface area contributed by atoms with E-state index in [1.54, 1.807) is 12.1 Å². The van der Waals surface area contributed by atoms with Crippen molar-refractivity contribution in [2.45, 2.75) is 49.9 Å². The lowest BCUT2D eigenvalue weighted by Gasteiger charge is -2.58. The van der Waals surface area contributed by atoms with Crippen molar-refractivity contribution in [1.82, 2.24) is 5.32 Å². The number of hydrogen-bond acceptors (Lipinski definition) is 7. The van der Waals surface area contributed by atoms with E-state index >= 15 is 0 Å². The number of carbonyl (C=O) groups is 3. The van der Waals surface area contributed by atoms with Crippen LogP contribution < -0.4 is 14.8 Å². The SMILES string of the molecule is CC(=O)Oc1ccc2c3c1OC1C(=O)C=C[C@@]4(OC(C)=O)[C@@H](C2)NCC[C@]314. The summed E-state index contributed by atoms with van der Waals surface area (Å²) in [6.07, 6.45) is 3.56. The van der Waals surface area contributed by atoms with Crippen LogP contribution in [0.4, 0.5) is 0 Å². The largest absolute Gasteiger partial charge is 0.477 e.